The summed E-state index contributed by atoms with van der Waals surface area (Å²) < 4.78 is 5.17. The van der Waals surface area contributed by atoms with Gasteiger partial charge in [0.25, 0.3) is 5.91 Å². The molecule has 0 aliphatic carbocycles. The Balaban J connectivity index is 2.00. The predicted molar refractivity (Wildman–Crippen MR) is 90.8 cm³/mol. The summed E-state index contributed by atoms with van der Waals surface area (Å²) in [6, 6.07) is 5.09. The van der Waals surface area contributed by atoms with Crippen LogP contribution in [0.4, 0.5) is 5.69 Å². The smallest absolute Gasteiger partial charge is 0.338 e. The van der Waals surface area contributed by atoms with Gasteiger partial charge in [-0.25, -0.2) is 4.79 Å². The Morgan fingerprint density at radius 3 is 2.46 bits per heavy atom. The third-order valence-corrected chi connectivity index (χ3v) is 3.96. The lowest BCUT2D eigenvalue weighted by atomic mass is 10.0. The summed E-state index contributed by atoms with van der Waals surface area (Å²) in [5, 5.41) is 2.76. The molecule has 0 aromatic heterocycles. The summed E-state index contributed by atoms with van der Waals surface area (Å²) in [4.78, 5) is 37.5. The van der Waals surface area contributed by atoms with E-state index in [0.29, 0.717) is 18.4 Å². The summed E-state index contributed by atoms with van der Waals surface area (Å²) in [5.41, 5.74) is 2.02. The number of nitrogens with zero attached hydrogens (tertiary/aromatic N) is 1. The lowest BCUT2D eigenvalue weighted by Crippen LogP contribution is -2.44. The summed E-state index contributed by atoms with van der Waals surface area (Å²) in [6.45, 7) is 7.44. The number of hydrogen-bond donors (Lipinski definition) is 1. The van der Waals surface area contributed by atoms with Crippen molar-refractivity contribution in [2.75, 3.05) is 11.9 Å². The molecule has 2 amide bonds. The maximum absolute atomic E-state index is 12.2. The zero-order valence-electron chi connectivity index (χ0n) is 14.6. The van der Waals surface area contributed by atoms with Gasteiger partial charge in [0, 0.05) is 24.2 Å². The second kappa shape index (κ2) is 7.47. The molecule has 0 radical (unpaired) electrons. The first kappa shape index (κ1) is 18.0. The molecule has 1 heterocycles. The molecule has 6 heteroatoms. The van der Waals surface area contributed by atoms with Crippen molar-refractivity contribution in [1.82, 2.24) is 4.90 Å². The molecule has 0 spiro atoms. The zero-order valence-corrected chi connectivity index (χ0v) is 14.6. The van der Waals surface area contributed by atoms with E-state index in [2.05, 4.69) is 5.32 Å². The van der Waals surface area contributed by atoms with E-state index >= 15 is 0 Å². The molecule has 6 nitrogen and oxygen atoms in total. The molecule has 0 unspecified atom stereocenters. The first-order valence-corrected chi connectivity index (χ1v) is 8.20. The molecule has 0 fully saturated rings. The van der Waals surface area contributed by atoms with Crippen LogP contribution in [-0.4, -0.2) is 41.4 Å². The topological polar surface area (TPSA) is 75.7 Å². The Morgan fingerprint density at radius 1 is 1.17 bits per heavy atom. The minimum absolute atomic E-state index is 0.0223. The number of hydrogen-bond acceptors (Lipinski definition) is 4. The number of rotatable bonds is 5. The van der Waals surface area contributed by atoms with Gasteiger partial charge in [0.2, 0.25) is 5.91 Å². The van der Waals surface area contributed by atoms with Gasteiger partial charge in [0.15, 0.2) is 6.61 Å². The van der Waals surface area contributed by atoms with Gasteiger partial charge < -0.3 is 15.0 Å². The maximum atomic E-state index is 12.2. The Bertz CT molecular complexity index is 644. The summed E-state index contributed by atoms with van der Waals surface area (Å²) in [6.07, 6.45) is 0.997. The van der Waals surface area contributed by atoms with Crippen LogP contribution in [-0.2, 0) is 20.7 Å². The van der Waals surface area contributed by atoms with E-state index in [-0.39, 0.29) is 30.5 Å². The normalized spacial score (nSPS) is 13.5. The van der Waals surface area contributed by atoms with E-state index < -0.39 is 5.97 Å². The lowest BCUT2D eigenvalue weighted by molar-refractivity contribution is -0.138. The quantitative estimate of drug-likeness (QED) is 0.840. The van der Waals surface area contributed by atoms with Gasteiger partial charge in [0.1, 0.15) is 0 Å². The number of amides is 2. The molecule has 1 aromatic carbocycles. The number of carbonyl (C=O) groups is 3. The maximum Gasteiger partial charge on any atom is 0.338 e. The second-order valence-electron chi connectivity index (χ2n) is 6.48. The number of anilines is 1. The number of benzene rings is 1. The second-order valence-corrected chi connectivity index (χ2v) is 6.48. The van der Waals surface area contributed by atoms with Gasteiger partial charge in [-0.15, -0.1) is 0 Å². The fourth-order valence-electron chi connectivity index (χ4n) is 2.97. The van der Waals surface area contributed by atoms with Gasteiger partial charge >= 0.3 is 5.97 Å². The first-order valence-electron chi connectivity index (χ1n) is 8.20. The minimum Gasteiger partial charge on any atom is -0.452 e. The average molecular weight is 332 g/mol. The molecule has 0 atom stereocenters. The average Bonchev–Trinajstić information content (AvgIpc) is 2.51. The molecule has 1 aliphatic rings. The monoisotopic (exact) mass is 332 g/mol. The fourth-order valence-corrected chi connectivity index (χ4v) is 2.97. The molecule has 2 rings (SSSR count). The zero-order chi connectivity index (χ0) is 17.9. The molecule has 1 aromatic rings. The Labute approximate surface area is 142 Å². The molecule has 130 valence electrons. The number of esters is 1. The van der Waals surface area contributed by atoms with Gasteiger partial charge in [-0.2, -0.15) is 0 Å². The molecule has 0 bridgehead atoms. The van der Waals surface area contributed by atoms with Crippen LogP contribution in [0.1, 0.15) is 50.0 Å². The third kappa shape index (κ3) is 4.13. The van der Waals surface area contributed by atoms with Crippen LogP contribution in [0.2, 0.25) is 0 Å². The Morgan fingerprint density at radius 2 is 1.83 bits per heavy atom. The van der Waals surface area contributed by atoms with Crippen LogP contribution in [0.3, 0.4) is 0 Å². The molecule has 0 saturated heterocycles. The molecule has 0 saturated carbocycles. The molecule has 1 aliphatic heterocycles. The molecular weight excluding hydrogens is 308 g/mol. The van der Waals surface area contributed by atoms with Crippen LogP contribution in [0.25, 0.3) is 0 Å². The highest BCUT2D eigenvalue weighted by molar-refractivity contribution is 5.96. The number of aryl methyl sites for hydroxylation is 1. The van der Waals surface area contributed by atoms with Gasteiger partial charge in [-0.3, -0.25) is 9.59 Å². The van der Waals surface area contributed by atoms with Crippen molar-refractivity contribution in [2.45, 2.75) is 52.6 Å². The van der Waals surface area contributed by atoms with Crippen molar-refractivity contribution in [3.05, 3.63) is 29.3 Å². The van der Waals surface area contributed by atoms with E-state index in [9.17, 15) is 14.4 Å². The molecule has 1 N–H and O–H groups in total. The van der Waals surface area contributed by atoms with Crippen molar-refractivity contribution in [3.63, 3.8) is 0 Å². The highest BCUT2D eigenvalue weighted by Gasteiger charge is 2.22. The van der Waals surface area contributed by atoms with E-state index in [0.717, 1.165) is 11.3 Å². The number of ether oxygens (including phenoxy) is 1. The molecule has 24 heavy (non-hydrogen) atoms. The van der Waals surface area contributed by atoms with E-state index in [1.807, 2.05) is 27.7 Å². The number of nitrogens with one attached hydrogen (secondary N) is 1. The first-order chi connectivity index (χ1) is 11.3. The number of carbonyl (C=O) groups excluding carboxylic acids is 3. The Hall–Kier alpha value is -2.37. The third-order valence-electron chi connectivity index (χ3n) is 3.96. The Kier molecular flexibility index (Phi) is 5.59. The van der Waals surface area contributed by atoms with E-state index in [1.54, 1.807) is 23.1 Å². The van der Waals surface area contributed by atoms with Crippen LogP contribution in [0.5, 0.6) is 0 Å². The highest BCUT2D eigenvalue weighted by Crippen LogP contribution is 2.23. The lowest BCUT2D eigenvalue weighted by Gasteiger charge is -2.30. The van der Waals surface area contributed by atoms with Gasteiger partial charge in [0.05, 0.1) is 5.56 Å². The van der Waals surface area contributed by atoms with Crippen molar-refractivity contribution in [2.24, 2.45) is 0 Å². The molecular formula is C18H24N2O4. The van der Waals surface area contributed by atoms with Crippen LogP contribution >= 0.6 is 0 Å². The standard InChI is InChI=1S/C18H24N2O4/c1-11(2)20(12(3)4)17(22)10-24-18(23)14-5-7-15-13(9-14)6-8-16(21)19-15/h5,7,9,11-12H,6,8,10H2,1-4H3,(H,19,21). The van der Waals surface area contributed by atoms with Crippen LogP contribution in [0, 0.1) is 0 Å². The largest absolute Gasteiger partial charge is 0.452 e. The minimum atomic E-state index is -0.532. The summed E-state index contributed by atoms with van der Waals surface area (Å²) in [5.74, 6) is -0.764. The summed E-state index contributed by atoms with van der Waals surface area (Å²) in [7, 11) is 0. The van der Waals surface area contributed by atoms with Crippen molar-refractivity contribution in [3.8, 4) is 0 Å². The van der Waals surface area contributed by atoms with Crippen molar-refractivity contribution < 1.29 is 19.1 Å². The summed E-state index contributed by atoms with van der Waals surface area (Å²) >= 11 is 0. The van der Waals surface area contributed by atoms with Gasteiger partial charge in [-0.05, 0) is 57.9 Å². The van der Waals surface area contributed by atoms with E-state index in [4.69, 9.17) is 4.74 Å². The predicted octanol–water partition coefficient (Wildman–Crippen LogP) is 2.37. The van der Waals surface area contributed by atoms with Crippen LogP contribution in [0.15, 0.2) is 18.2 Å². The van der Waals surface area contributed by atoms with Crippen molar-refractivity contribution in [1.29, 1.82) is 0 Å². The fraction of sp³-hybridized carbons (Fsp3) is 0.500. The van der Waals surface area contributed by atoms with Crippen LogP contribution < -0.4 is 5.32 Å². The van der Waals surface area contributed by atoms with E-state index in [1.165, 1.54) is 0 Å². The van der Waals surface area contributed by atoms with Gasteiger partial charge in [-0.1, -0.05) is 0 Å². The highest BCUT2D eigenvalue weighted by atomic mass is 16.5. The van der Waals surface area contributed by atoms with Crippen molar-refractivity contribution >= 4 is 23.5 Å². The SMILES string of the molecule is CC(C)N(C(=O)COC(=O)c1ccc2c(c1)CCC(=O)N2)C(C)C. The number of fused-ring (bicyclic) bond motifs is 1.